The number of likely N-dealkylation sites (tertiary alicyclic amines) is 1. The molecule has 6 nitrogen and oxygen atoms in total. The van der Waals surface area contributed by atoms with Crippen molar-refractivity contribution in [2.75, 3.05) is 32.1 Å². The zero-order valence-corrected chi connectivity index (χ0v) is 12.5. The largest absolute Gasteiger partial charge is 0.409 e. The molecule has 1 aromatic carbocycles. The van der Waals surface area contributed by atoms with E-state index in [1.807, 2.05) is 48.2 Å². The zero-order valence-electron chi connectivity index (χ0n) is 12.5. The molecular formula is C15H22N4O2. The molecule has 1 aliphatic heterocycles. The Morgan fingerprint density at radius 1 is 1.29 bits per heavy atom. The van der Waals surface area contributed by atoms with E-state index in [0.29, 0.717) is 18.7 Å². The van der Waals surface area contributed by atoms with Crippen LogP contribution in [0.25, 0.3) is 0 Å². The number of rotatable bonds is 3. The van der Waals surface area contributed by atoms with Crippen LogP contribution in [-0.2, 0) is 0 Å². The molecule has 1 fully saturated rings. The molecule has 1 amide bonds. The predicted octanol–water partition coefficient (Wildman–Crippen LogP) is 1.35. The van der Waals surface area contributed by atoms with Crippen LogP contribution >= 0.6 is 0 Å². The van der Waals surface area contributed by atoms with Gasteiger partial charge in [-0.15, -0.1) is 0 Å². The third-order valence-electron chi connectivity index (χ3n) is 3.95. The average Bonchev–Trinajstić information content (AvgIpc) is 2.53. The van der Waals surface area contributed by atoms with E-state index in [1.165, 1.54) is 0 Å². The maximum atomic E-state index is 12.4. The third-order valence-corrected chi connectivity index (χ3v) is 3.95. The Balaban J connectivity index is 1.98. The number of nitrogens with zero attached hydrogens (tertiary/aromatic N) is 3. The first-order valence-corrected chi connectivity index (χ1v) is 7.07. The third kappa shape index (κ3) is 3.45. The Morgan fingerprint density at radius 2 is 1.86 bits per heavy atom. The summed E-state index contributed by atoms with van der Waals surface area (Å²) in [5, 5.41) is 11.7. The van der Waals surface area contributed by atoms with Crippen LogP contribution in [0.1, 0.15) is 23.2 Å². The van der Waals surface area contributed by atoms with Gasteiger partial charge in [0.1, 0.15) is 5.84 Å². The molecule has 3 N–H and O–H groups in total. The number of oxime groups is 1. The van der Waals surface area contributed by atoms with Gasteiger partial charge in [0.2, 0.25) is 0 Å². The first-order valence-electron chi connectivity index (χ1n) is 7.07. The normalized spacial score (nSPS) is 16.9. The highest BCUT2D eigenvalue weighted by molar-refractivity contribution is 5.94. The van der Waals surface area contributed by atoms with Crippen molar-refractivity contribution >= 4 is 17.4 Å². The standard InChI is InChI=1S/C15H22N4O2/c1-18(2)13-5-3-12(4-6-13)15(20)19-9-7-11(8-10-19)14(16)17-21/h3-6,11,21H,7-10H2,1-2H3,(H2,16,17). The SMILES string of the molecule is CN(C)c1ccc(C(=O)N2CCC(C(N)=NO)CC2)cc1. The molecule has 1 aliphatic rings. The van der Waals surface area contributed by atoms with Gasteiger partial charge < -0.3 is 20.7 Å². The summed E-state index contributed by atoms with van der Waals surface area (Å²) in [4.78, 5) is 16.3. The highest BCUT2D eigenvalue weighted by atomic mass is 16.4. The first-order chi connectivity index (χ1) is 10.0. The number of piperidine rings is 1. The van der Waals surface area contributed by atoms with Crippen molar-refractivity contribution in [3.8, 4) is 0 Å². The molecule has 1 saturated heterocycles. The van der Waals surface area contributed by atoms with E-state index in [2.05, 4.69) is 5.16 Å². The number of carbonyl (C=O) groups excluding carboxylic acids is 1. The van der Waals surface area contributed by atoms with Gasteiger partial charge in [-0.3, -0.25) is 4.79 Å². The monoisotopic (exact) mass is 290 g/mol. The van der Waals surface area contributed by atoms with Gasteiger partial charge in [-0.1, -0.05) is 5.16 Å². The number of hydrogen-bond acceptors (Lipinski definition) is 4. The minimum Gasteiger partial charge on any atom is -0.409 e. The van der Waals surface area contributed by atoms with Crippen LogP contribution in [0.4, 0.5) is 5.69 Å². The molecule has 1 heterocycles. The van der Waals surface area contributed by atoms with E-state index in [1.54, 1.807) is 0 Å². The minimum absolute atomic E-state index is 0.0401. The predicted molar refractivity (Wildman–Crippen MR) is 82.8 cm³/mol. The highest BCUT2D eigenvalue weighted by Gasteiger charge is 2.25. The van der Waals surface area contributed by atoms with Crippen molar-refractivity contribution in [3.05, 3.63) is 29.8 Å². The van der Waals surface area contributed by atoms with Gasteiger partial charge >= 0.3 is 0 Å². The highest BCUT2D eigenvalue weighted by Crippen LogP contribution is 2.20. The Labute approximate surface area is 124 Å². The van der Waals surface area contributed by atoms with Gasteiger partial charge in [0.25, 0.3) is 5.91 Å². The van der Waals surface area contributed by atoms with E-state index in [4.69, 9.17) is 10.9 Å². The van der Waals surface area contributed by atoms with Crippen molar-refractivity contribution < 1.29 is 10.0 Å². The quantitative estimate of drug-likeness (QED) is 0.381. The number of hydrogen-bond donors (Lipinski definition) is 2. The number of anilines is 1. The molecule has 114 valence electrons. The number of nitrogens with two attached hydrogens (primary N) is 1. The van der Waals surface area contributed by atoms with Gasteiger partial charge in [0.05, 0.1) is 0 Å². The van der Waals surface area contributed by atoms with E-state index in [9.17, 15) is 4.79 Å². The van der Waals surface area contributed by atoms with Crippen molar-refractivity contribution in [1.29, 1.82) is 0 Å². The lowest BCUT2D eigenvalue weighted by Crippen LogP contribution is -2.41. The van der Waals surface area contributed by atoms with Gasteiger partial charge in [0, 0.05) is 44.4 Å². The smallest absolute Gasteiger partial charge is 0.253 e. The lowest BCUT2D eigenvalue weighted by molar-refractivity contribution is 0.0709. The van der Waals surface area contributed by atoms with E-state index in [0.717, 1.165) is 18.5 Å². The second kappa shape index (κ2) is 6.47. The summed E-state index contributed by atoms with van der Waals surface area (Å²) >= 11 is 0. The van der Waals surface area contributed by atoms with Crippen molar-refractivity contribution in [3.63, 3.8) is 0 Å². The van der Waals surface area contributed by atoms with Gasteiger partial charge in [0.15, 0.2) is 0 Å². The minimum atomic E-state index is 0.0401. The molecule has 2 rings (SSSR count). The average molecular weight is 290 g/mol. The second-order valence-electron chi connectivity index (χ2n) is 5.53. The van der Waals surface area contributed by atoms with Crippen LogP contribution in [0.3, 0.4) is 0 Å². The fourth-order valence-corrected chi connectivity index (χ4v) is 2.54. The fraction of sp³-hybridized carbons (Fsp3) is 0.467. The topological polar surface area (TPSA) is 82.2 Å². The molecule has 0 spiro atoms. The van der Waals surface area contributed by atoms with Gasteiger partial charge in [-0.2, -0.15) is 0 Å². The Kier molecular flexibility index (Phi) is 4.67. The number of benzene rings is 1. The summed E-state index contributed by atoms with van der Waals surface area (Å²) in [7, 11) is 3.93. The molecule has 0 bridgehead atoms. The molecule has 0 radical (unpaired) electrons. The molecule has 0 unspecified atom stereocenters. The van der Waals surface area contributed by atoms with Gasteiger partial charge in [-0.05, 0) is 37.1 Å². The lowest BCUT2D eigenvalue weighted by Gasteiger charge is -2.31. The molecule has 0 aromatic heterocycles. The van der Waals surface area contributed by atoms with Crippen molar-refractivity contribution in [1.82, 2.24) is 4.90 Å². The lowest BCUT2D eigenvalue weighted by atomic mass is 9.95. The molecule has 1 aromatic rings. The summed E-state index contributed by atoms with van der Waals surface area (Å²) in [5.74, 6) is 0.367. The van der Waals surface area contributed by atoms with Crippen LogP contribution in [-0.4, -0.2) is 49.0 Å². The second-order valence-corrected chi connectivity index (χ2v) is 5.53. The summed E-state index contributed by atoms with van der Waals surface area (Å²) in [5.41, 5.74) is 7.38. The molecule has 0 atom stereocenters. The number of carbonyl (C=O) groups is 1. The van der Waals surface area contributed by atoms with Crippen molar-refractivity contribution in [2.45, 2.75) is 12.8 Å². The summed E-state index contributed by atoms with van der Waals surface area (Å²) in [6, 6.07) is 7.59. The Morgan fingerprint density at radius 3 is 2.33 bits per heavy atom. The first kappa shape index (κ1) is 15.2. The fourth-order valence-electron chi connectivity index (χ4n) is 2.54. The van der Waals surface area contributed by atoms with Gasteiger partial charge in [-0.25, -0.2) is 0 Å². The number of amidine groups is 1. The summed E-state index contributed by atoms with van der Waals surface area (Å²) < 4.78 is 0. The molecule has 0 aliphatic carbocycles. The van der Waals surface area contributed by atoms with E-state index in [-0.39, 0.29) is 17.7 Å². The van der Waals surface area contributed by atoms with Crippen LogP contribution in [0.15, 0.2) is 29.4 Å². The van der Waals surface area contributed by atoms with Crippen LogP contribution in [0, 0.1) is 5.92 Å². The van der Waals surface area contributed by atoms with E-state index < -0.39 is 0 Å². The Bertz CT molecular complexity index is 517. The Hall–Kier alpha value is -2.24. The van der Waals surface area contributed by atoms with Crippen LogP contribution in [0.5, 0.6) is 0 Å². The maximum absolute atomic E-state index is 12.4. The summed E-state index contributed by atoms with van der Waals surface area (Å²) in [6.45, 7) is 1.27. The van der Waals surface area contributed by atoms with Crippen LogP contribution < -0.4 is 10.6 Å². The number of amides is 1. The summed E-state index contributed by atoms with van der Waals surface area (Å²) in [6.07, 6.45) is 1.47. The van der Waals surface area contributed by atoms with E-state index >= 15 is 0 Å². The molecule has 21 heavy (non-hydrogen) atoms. The zero-order chi connectivity index (χ0) is 15.4. The maximum Gasteiger partial charge on any atom is 0.253 e. The molecular weight excluding hydrogens is 268 g/mol. The molecule has 6 heteroatoms. The van der Waals surface area contributed by atoms with Crippen LogP contribution in [0.2, 0.25) is 0 Å². The molecule has 0 saturated carbocycles. The van der Waals surface area contributed by atoms with Crippen molar-refractivity contribution in [2.24, 2.45) is 16.8 Å².